The molecule has 0 saturated carbocycles. The highest BCUT2D eigenvalue weighted by Crippen LogP contribution is 2.23. The van der Waals surface area contributed by atoms with Crippen LogP contribution < -0.4 is 9.47 Å². The second-order valence-electron chi connectivity index (χ2n) is 6.34. The summed E-state index contributed by atoms with van der Waals surface area (Å²) in [4.78, 5) is 0. The summed E-state index contributed by atoms with van der Waals surface area (Å²) in [7, 11) is 0. The van der Waals surface area contributed by atoms with Crippen molar-refractivity contribution >= 4 is 22.1 Å². The van der Waals surface area contributed by atoms with Gasteiger partial charge in [-0.1, -0.05) is 41.9 Å². The van der Waals surface area contributed by atoms with Gasteiger partial charge in [-0.3, -0.25) is 0 Å². The second kappa shape index (κ2) is 10.0. The number of hydrogen-bond donors (Lipinski definition) is 0. The summed E-state index contributed by atoms with van der Waals surface area (Å²) >= 11 is 3.48. The highest BCUT2D eigenvalue weighted by Gasteiger charge is 2.05. The van der Waals surface area contributed by atoms with Crippen molar-refractivity contribution < 1.29 is 9.47 Å². The molecule has 146 valence electrons. The van der Waals surface area contributed by atoms with E-state index in [1.165, 1.54) is 22.9 Å². The van der Waals surface area contributed by atoms with E-state index in [0.29, 0.717) is 19.1 Å². The minimum atomic E-state index is 0.433. The van der Waals surface area contributed by atoms with Crippen molar-refractivity contribution in [2.75, 3.05) is 13.2 Å². The lowest BCUT2D eigenvalue weighted by molar-refractivity contribution is 0.217. The molecule has 0 N–H and O–H groups in total. The first-order valence-corrected chi connectivity index (χ1v) is 9.99. The van der Waals surface area contributed by atoms with Crippen molar-refractivity contribution in [3.8, 4) is 11.5 Å². The smallest absolute Gasteiger partial charge is 0.141 e. The van der Waals surface area contributed by atoms with Crippen molar-refractivity contribution in [3.05, 3.63) is 70.7 Å². The van der Waals surface area contributed by atoms with Gasteiger partial charge >= 0.3 is 0 Å². The van der Waals surface area contributed by atoms with E-state index in [1.54, 1.807) is 6.21 Å². The number of hydrogen-bond acceptors (Lipinski definition) is 5. The molecular weight excluding hydrogens is 420 g/mol. The topological polar surface area (TPSA) is 61.5 Å². The summed E-state index contributed by atoms with van der Waals surface area (Å²) in [5.41, 5.74) is 2.18. The minimum Gasteiger partial charge on any atom is -0.490 e. The van der Waals surface area contributed by atoms with E-state index in [4.69, 9.17) is 9.47 Å². The molecule has 0 amide bonds. The van der Waals surface area contributed by atoms with Gasteiger partial charge in [-0.05, 0) is 48.2 Å². The Morgan fingerprint density at radius 2 is 1.79 bits per heavy atom. The Morgan fingerprint density at radius 1 is 1.07 bits per heavy atom. The summed E-state index contributed by atoms with van der Waals surface area (Å²) in [5, 5.41) is 11.7. The zero-order valence-corrected chi connectivity index (χ0v) is 17.5. The molecule has 1 heterocycles. The van der Waals surface area contributed by atoms with E-state index in [9.17, 15) is 0 Å². The van der Waals surface area contributed by atoms with Crippen LogP contribution in [0.2, 0.25) is 0 Å². The molecule has 1 unspecified atom stereocenters. The maximum absolute atomic E-state index is 5.89. The molecule has 0 aliphatic heterocycles. The molecule has 3 rings (SSSR count). The van der Waals surface area contributed by atoms with Crippen LogP contribution in [0.25, 0.3) is 0 Å². The van der Waals surface area contributed by atoms with Crippen LogP contribution in [-0.2, 0) is 0 Å². The van der Waals surface area contributed by atoms with Gasteiger partial charge in [-0.25, -0.2) is 4.68 Å². The van der Waals surface area contributed by atoms with Gasteiger partial charge in [0.05, 0.1) is 6.21 Å². The van der Waals surface area contributed by atoms with Crippen LogP contribution in [0, 0.1) is 0 Å². The van der Waals surface area contributed by atoms with Crippen LogP contribution in [0.4, 0.5) is 0 Å². The molecule has 1 atom stereocenters. The molecule has 0 radical (unpaired) electrons. The molecule has 28 heavy (non-hydrogen) atoms. The average molecular weight is 443 g/mol. The van der Waals surface area contributed by atoms with Crippen LogP contribution in [0.3, 0.4) is 0 Å². The normalized spacial score (nSPS) is 12.2. The van der Waals surface area contributed by atoms with Crippen LogP contribution >= 0.6 is 15.9 Å². The summed E-state index contributed by atoms with van der Waals surface area (Å²) in [6.07, 6.45) is 5.88. The predicted octanol–water partition coefficient (Wildman–Crippen LogP) is 4.89. The van der Waals surface area contributed by atoms with Crippen LogP contribution in [0.15, 0.2) is 64.7 Å². The van der Waals surface area contributed by atoms with Gasteiger partial charge in [0, 0.05) is 10.0 Å². The van der Waals surface area contributed by atoms with Crippen molar-refractivity contribution in [1.29, 1.82) is 0 Å². The number of halogens is 1. The zero-order valence-electron chi connectivity index (χ0n) is 16.0. The highest BCUT2D eigenvalue weighted by atomic mass is 79.9. The fourth-order valence-corrected chi connectivity index (χ4v) is 2.95. The van der Waals surface area contributed by atoms with Crippen LogP contribution in [0.1, 0.15) is 37.3 Å². The SMILES string of the molecule is CCC(C)c1ccc(OCCOc2ccc(Br)cc2/C=N/n2cnnc2)cc1. The molecule has 0 spiro atoms. The number of aromatic nitrogens is 3. The molecular formula is C21H23BrN4O2. The maximum Gasteiger partial charge on any atom is 0.141 e. The molecule has 3 aromatic rings. The molecule has 0 aliphatic rings. The van der Waals surface area contributed by atoms with E-state index >= 15 is 0 Å². The van der Waals surface area contributed by atoms with Gasteiger partial charge in [-0.2, -0.15) is 5.10 Å². The third-order valence-electron chi connectivity index (χ3n) is 4.38. The van der Waals surface area contributed by atoms with E-state index in [-0.39, 0.29) is 0 Å². The number of rotatable bonds is 9. The summed E-state index contributed by atoms with van der Waals surface area (Å²) in [6.45, 7) is 5.31. The van der Waals surface area contributed by atoms with Crippen LogP contribution in [0.5, 0.6) is 11.5 Å². The lowest BCUT2D eigenvalue weighted by Gasteiger charge is -2.12. The van der Waals surface area contributed by atoms with Crippen molar-refractivity contribution in [2.45, 2.75) is 26.2 Å². The maximum atomic E-state index is 5.89. The lowest BCUT2D eigenvalue weighted by Crippen LogP contribution is -2.10. The van der Waals surface area contributed by atoms with Gasteiger partial charge in [0.15, 0.2) is 0 Å². The number of nitrogens with zero attached hydrogens (tertiary/aromatic N) is 4. The fraction of sp³-hybridized carbons (Fsp3) is 0.286. The molecule has 6 nitrogen and oxygen atoms in total. The predicted molar refractivity (Wildman–Crippen MR) is 113 cm³/mol. The van der Waals surface area contributed by atoms with Gasteiger partial charge < -0.3 is 9.47 Å². The van der Waals surface area contributed by atoms with Crippen LogP contribution in [-0.4, -0.2) is 34.3 Å². The Kier molecular flexibility index (Phi) is 7.19. The fourth-order valence-electron chi connectivity index (χ4n) is 2.57. The van der Waals surface area contributed by atoms with Crippen molar-refractivity contribution in [3.63, 3.8) is 0 Å². The lowest BCUT2D eigenvalue weighted by atomic mass is 9.99. The Labute approximate surface area is 173 Å². The third-order valence-corrected chi connectivity index (χ3v) is 4.87. The van der Waals surface area contributed by atoms with E-state index in [1.807, 2.05) is 30.3 Å². The quantitative estimate of drug-likeness (QED) is 0.349. The first-order chi connectivity index (χ1) is 13.7. The van der Waals surface area contributed by atoms with Gasteiger partial charge in [0.25, 0.3) is 0 Å². The molecule has 0 fully saturated rings. The Bertz CT molecular complexity index is 895. The van der Waals surface area contributed by atoms with Crippen molar-refractivity contribution in [1.82, 2.24) is 14.9 Å². The number of benzene rings is 2. The molecule has 0 saturated heterocycles. The Hall–Kier alpha value is -2.67. The van der Waals surface area contributed by atoms with E-state index in [2.05, 4.69) is 57.2 Å². The first kappa shape index (κ1) is 20.1. The first-order valence-electron chi connectivity index (χ1n) is 9.20. The second-order valence-corrected chi connectivity index (χ2v) is 7.26. The molecule has 0 aliphatic carbocycles. The summed E-state index contributed by atoms with van der Waals surface area (Å²) in [5.74, 6) is 2.14. The third kappa shape index (κ3) is 5.66. The van der Waals surface area contributed by atoms with E-state index < -0.39 is 0 Å². The monoisotopic (exact) mass is 442 g/mol. The van der Waals surface area contributed by atoms with Crippen molar-refractivity contribution in [2.24, 2.45) is 5.10 Å². The van der Waals surface area contributed by atoms with Gasteiger partial charge in [0.2, 0.25) is 0 Å². The standard InChI is InChI=1S/C21H23BrN4O2/c1-3-16(2)17-4-7-20(8-5-17)27-10-11-28-21-9-6-19(22)12-18(21)13-25-26-14-23-24-15-26/h4-9,12-16H,3,10-11H2,1-2H3/b25-13+. The molecule has 2 aromatic carbocycles. The number of ether oxygens (including phenoxy) is 2. The largest absolute Gasteiger partial charge is 0.490 e. The van der Waals surface area contributed by atoms with E-state index in [0.717, 1.165) is 28.0 Å². The Morgan fingerprint density at radius 3 is 2.50 bits per heavy atom. The zero-order chi connectivity index (χ0) is 19.8. The van der Waals surface area contributed by atoms with Gasteiger partial charge in [-0.15, -0.1) is 10.2 Å². The molecule has 7 heteroatoms. The molecule has 0 bridgehead atoms. The highest BCUT2D eigenvalue weighted by molar-refractivity contribution is 9.10. The average Bonchev–Trinajstić information content (AvgIpc) is 3.24. The Balaban J connectivity index is 1.54. The summed E-state index contributed by atoms with van der Waals surface area (Å²) in [6, 6.07) is 14.0. The minimum absolute atomic E-state index is 0.433. The molecule has 1 aromatic heterocycles. The summed E-state index contributed by atoms with van der Waals surface area (Å²) < 4.78 is 14.1. The van der Waals surface area contributed by atoms with Gasteiger partial charge in [0.1, 0.15) is 37.4 Å².